The zero-order valence-electron chi connectivity index (χ0n) is 13.6. The summed E-state index contributed by atoms with van der Waals surface area (Å²) in [6, 6.07) is 0. The molecule has 0 atom stereocenters. The number of nitrogens with two attached hydrogens (primary N) is 2. The molecule has 0 bridgehead atoms. The highest BCUT2D eigenvalue weighted by molar-refractivity contribution is 4.24. The van der Waals surface area contributed by atoms with Crippen molar-refractivity contribution in [3.05, 3.63) is 0 Å². The molecule has 0 amide bonds. The van der Waals surface area contributed by atoms with Crippen LogP contribution in [0.15, 0.2) is 0 Å². The number of hydrogen-bond donors (Lipinski definition) is 2. The highest BCUT2D eigenvalue weighted by atomic mass is 16.6. The van der Waals surface area contributed by atoms with Gasteiger partial charge in [-0.2, -0.15) is 0 Å². The van der Waals surface area contributed by atoms with Gasteiger partial charge < -0.3 is 9.68 Å². The lowest BCUT2D eigenvalue weighted by Gasteiger charge is -1.79. The lowest BCUT2D eigenvalue weighted by atomic mass is 10.3. The van der Waals surface area contributed by atoms with Gasteiger partial charge in [-0.25, -0.2) is 11.8 Å². The van der Waals surface area contributed by atoms with Crippen molar-refractivity contribution < 1.29 is 9.68 Å². The summed E-state index contributed by atoms with van der Waals surface area (Å²) in [5.41, 5.74) is 0. The van der Waals surface area contributed by atoms with E-state index in [0.29, 0.717) is 13.2 Å². The van der Waals surface area contributed by atoms with Gasteiger partial charge in [0.2, 0.25) is 0 Å². The van der Waals surface area contributed by atoms with Crippen LogP contribution in [0.25, 0.3) is 0 Å². The average molecular weight is 266 g/mol. The first kappa shape index (κ1) is 26.4. The van der Waals surface area contributed by atoms with Gasteiger partial charge >= 0.3 is 0 Å². The summed E-state index contributed by atoms with van der Waals surface area (Å²) in [7, 11) is 0. The van der Waals surface area contributed by atoms with E-state index >= 15 is 0 Å². The maximum Gasteiger partial charge on any atom is 0.0651 e. The first-order valence-electron chi connectivity index (χ1n) is 7.29. The fourth-order valence-corrected chi connectivity index (χ4v) is 0.707. The monoisotopic (exact) mass is 266 g/mol. The number of rotatable bonds is 6. The van der Waals surface area contributed by atoms with Crippen molar-refractivity contribution in [2.45, 2.75) is 80.1 Å². The van der Waals surface area contributed by atoms with Gasteiger partial charge in [-0.3, -0.25) is 0 Å². The summed E-state index contributed by atoms with van der Waals surface area (Å²) in [4.78, 5) is 8.08. The summed E-state index contributed by atoms with van der Waals surface area (Å²) in [5, 5.41) is 0. The first-order chi connectivity index (χ1) is 8.66. The molecule has 0 unspecified atom stereocenters. The van der Waals surface area contributed by atoms with Gasteiger partial charge in [-0.15, -0.1) is 0 Å². The van der Waals surface area contributed by atoms with Gasteiger partial charge in [-0.05, 0) is 13.8 Å². The summed E-state index contributed by atoms with van der Waals surface area (Å²) in [6.45, 7) is 13.7. The van der Waals surface area contributed by atoms with Crippen LogP contribution in [0.1, 0.15) is 80.1 Å². The number of unbranched alkanes of at least 4 members (excludes halogenated alkanes) is 4. The van der Waals surface area contributed by atoms with Crippen molar-refractivity contribution in [2.75, 3.05) is 13.2 Å². The molecule has 0 spiro atoms. The van der Waals surface area contributed by atoms with Crippen LogP contribution in [-0.4, -0.2) is 13.2 Å². The van der Waals surface area contributed by atoms with E-state index in [1.165, 1.54) is 38.5 Å². The Bertz CT molecular complexity index is 66.2. The zero-order chi connectivity index (χ0) is 15.1. The third-order valence-electron chi connectivity index (χ3n) is 1.75. The fourth-order valence-electron chi connectivity index (χ4n) is 0.707. The molecular weight excluding hydrogens is 228 g/mol. The molecular formula is C14H38N2O2. The Morgan fingerprint density at radius 1 is 0.556 bits per heavy atom. The molecule has 0 aromatic heterocycles. The summed E-state index contributed by atoms with van der Waals surface area (Å²) < 4.78 is 0. The highest BCUT2D eigenvalue weighted by Crippen LogP contribution is 1.88. The molecule has 0 aromatic carbocycles. The SMILES string of the molecule is CCCCC.CCCCC.CCON.CCON. The van der Waals surface area contributed by atoms with E-state index in [-0.39, 0.29) is 0 Å². The second kappa shape index (κ2) is 43.6. The van der Waals surface area contributed by atoms with E-state index < -0.39 is 0 Å². The molecule has 0 saturated heterocycles. The minimum atomic E-state index is 0.597. The second-order valence-corrected chi connectivity index (χ2v) is 3.62. The molecule has 0 saturated carbocycles. The van der Waals surface area contributed by atoms with Crippen molar-refractivity contribution in [3.63, 3.8) is 0 Å². The van der Waals surface area contributed by atoms with Gasteiger partial charge in [0.25, 0.3) is 0 Å². The van der Waals surface area contributed by atoms with Crippen LogP contribution in [0.4, 0.5) is 0 Å². The first-order valence-corrected chi connectivity index (χ1v) is 7.29. The van der Waals surface area contributed by atoms with Crippen molar-refractivity contribution in [3.8, 4) is 0 Å². The van der Waals surface area contributed by atoms with Gasteiger partial charge in [0, 0.05) is 0 Å². The van der Waals surface area contributed by atoms with Crippen LogP contribution >= 0.6 is 0 Å². The number of hydrogen-bond acceptors (Lipinski definition) is 4. The third kappa shape index (κ3) is 102. The molecule has 0 fully saturated rings. The van der Waals surface area contributed by atoms with Crippen LogP contribution in [0.3, 0.4) is 0 Å². The maximum absolute atomic E-state index is 4.53. The van der Waals surface area contributed by atoms with Crippen LogP contribution in [0.5, 0.6) is 0 Å². The standard InChI is InChI=1S/2C5H12.2C2H7NO/c2*1-3-5-4-2;2*1-2-4-3/h2*3-5H2,1-2H3;2*2-3H2,1H3. The van der Waals surface area contributed by atoms with E-state index in [4.69, 9.17) is 0 Å². The summed E-state index contributed by atoms with van der Waals surface area (Å²) in [6.07, 6.45) is 8.15. The molecule has 0 aliphatic carbocycles. The second-order valence-electron chi connectivity index (χ2n) is 3.62. The molecule has 4 nitrogen and oxygen atoms in total. The van der Waals surface area contributed by atoms with Gasteiger partial charge in [0.15, 0.2) is 0 Å². The predicted octanol–water partition coefficient (Wildman–Crippen LogP) is 4.19. The quantitative estimate of drug-likeness (QED) is 0.707. The summed E-state index contributed by atoms with van der Waals surface area (Å²) in [5.74, 6) is 9.06. The van der Waals surface area contributed by atoms with Crippen molar-refractivity contribution in [1.29, 1.82) is 0 Å². The molecule has 0 rings (SSSR count). The van der Waals surface area contributed by atoms with Crippen molar-refractivity contribution >= 4 is 0 Å². The topological polar surface area (TPSA) is 70.5 Å². The Balaban J connectivity index is -0.0000000731. The Labute approximate surface area is 115 Å². The third-order valence-corrected chi connectivity index (χ3v) is 1.75. The average Bonchev–Trinajstić information content (AvgIpc) is 2.42. The minimum absolute atomic E-state index is 0.597. The van der Waals surface area contributed by atoms with Gasteiger partial charge in [-0.1, -0.05) is 66.2 Å². The van der Waals surface area contributed by atoms with Crippen molar-refractivity contribution in [2.24, 2.45) is 11.8 Å². The Morgan fingerprint density at radius 2 is 0.722 bits per heavy atom. The molecule has 116 valence electrons. The highest BCUT2D eigenvalue weighted by Gasteiger charge is 1.68. The Kier molecular flexibility index (Phi) is 64.0. The lowest BCUT2D eigenvalue weighted by molar-refractivity contribution is 0.152. The van der Waals surface area contributed by atoms with Crippen molar-refractivity contribution in [1.82, 2.24) is 0 Å². The predicted molar refractivity (Wildman–Crippen MR) is 82.0 cm³/mol. The fraction of sp³-hybridized carbons (Fsp3) is 1.00. The molecule has 0 aliphatic heterocycles. The van der Waals surface area contributed by atoms with Gasteiger partial charge in [0.05, 0.1) is 13.2 Å². The molecule has 18 heavy (non-hydrogen) atoms. The van der Waals surface area contributed by atoms with E-state index in [1.54, 1.807) is 0 Å². The van der Waals surface area contributed by atoms with Gasteiger partial charge in [0.1, 0.15) is 0 Å². The normalized spacial score (nSPS) is 8.00. The Morgan fingerprint density at radius 3 is 0.722 bits per heavy atom. The zero-order valence-corrected chi connectivity index (χ0v) is 13.6. The van der Waals surface area contributed by atoms with E-state index in [9.17, 15) is 0 Å². The molecule has 0 aromatic rings. The van der Waals surface area contributed by atoms with E-state index in [1.807, 2.05) is 13.8 Å². The maximum atomic E-state index is 4.53. The largest absolute Gasteiger partial charge is 0.305 e. The molecule has 4 heteroatoms. The molecule has 0 heterocycles. The van der Waals surface area contributed by atoms with Crippen LogP contribution in [0.2, 0.25) is 0 Å². The van der Waals surface area contributed by atoms with Crippen LogP contribution < -0.4 is 11.8 Å². The van der Waals surface area contributed by atoms with Crippen LogP contribution in [-0.2, 0) is 9.68 Å². The Hall–Kier alpha value is -0.160. The summed E-state index contributed by atoms with van der Waals surface area (Å²) >= 11 is 0. The van der Waals surface area contributed by atoms with E-state index in [0.717, 1.165) is 0 Å². The molecule has 4 N–H and O–H groups in total. The van der Waals surface area contributed by atoms with Crippen LogP contribution in [0, 0.1) is 0 Å². The minimum Gasteiger partial charge on any atom is -0.305 e. The van der Waals surface area contributed by atoms with E-state index in [2.05, 4.69) is 49.2 Å². The molecule has 0 aliphatic rings. The smallest absolute Gasteiger partial charge is 0.0651 e. The molecule has 0 radical (unpaired) electrons. The lowest BCUT2D eigenvalue weighted by Crippen LogP contribution is -1.94.